The van der Waals surface area contributed by atoms with Crippen molar-refractivity contribution in [3.05, 3.63) is 28.8 Å². The van der Waals surface area contributed by atoms with Gasteiger partial charge in [0.15, 0.2) is 11.5 Å². The van der Waals surface area contributed by atoms with Crippen molar-refractivity contribution in [2.75, 3.05) is 19.9 Å². The van der Waals surface area contributed by atoms with Crippen LogP contribution in [0.15, 0.2) is 17.7 Å². The van der Waals surface area contributed by atoms with Crippen LogP contribution >= 0.6 is 0 Å². The molecule has 3 rings (SSSR count). The highest BCUT2D eigenvalue weighted by molar-refractivity contribution is 5.77. The van der Waals surface area contributed by atoms with Crippen molar-refractivity contribution in [2.24, 2.45) is 0 Å². The zero-order valence-electron chi connectivity index (χ0n) is 13.4. The van der Waals surface area contributed by atoms with E-state index in [4.69, 9.17) is 9.47 Å². The Balaban J connectivity index is 2.01. The predicted octanol–water partition coefficient (Wildman–Crippen LogP) is 4.21. The maximum absolute atomic E-state index is 5.57. The average molecular weight is 287 g/mol. The third-order valence-electron chi connectivity index (χ3n) is 4.50. The Kier molecular flexibility index (Phi) is 4.09. The number of hydrogen-bond donors (Lipinski definition) is 0. The Morgan fingerprint density at radius 2 is 1.76 bits per heavy atom. The van der Waals surface area contributed by atoms with Crippen molar-refractivity contribution in [3.63, 3.8) is 0 Å². The van der Waals surface area contributed by atoms with Gasteiger partial charge in [-0.05, 0) is 56.4 Å². The van der Waals surface area contributed by atoms with E-state index in [2.05, 4.69) is 37.8 Å². The first-order valence-corrected chi connectivity index (χ1v) is 8.18. The summed E-state index contributed by atoms with van der Waals surface area (Å²) in [5.74, 6) is 1.81. The largest absolute Gasteiger partial charge is 0.454 e. The van der Waals surface area contributed by atoms with Gasteiger partial charge in [-0.3, -0.25) is 0 Å². The lowest BCUT2D eigenvalue weighted by Gasteiger charge is -2.25. The van der Waals surface area contributed by atoms with Crippen molar-refractivity contribution in [3.8, 4) is 11.5 Å². The van der Waals surface area contributed by atoms with Crippen LogP contribution in [0.4, 0.5) is 0 Å². The molecule has 21 heavy (non-hydrogen) atoms. The molecule has 0 unspecified atom stereocenters. The minimum atomic E-state index is 0.352. The fourth-order valence-corrected chi connectivity index (χ4v) is 3.39. The summed E-state index contributed by atoms with van der Waals surface area (Å²) < 4.78 is 11.1. The number of benzene rings is 1. The van der Waals surface area contributed by atoms with Crippen molar-refractivity contribution >= 4 is 5.70 Å². The van der Waals surface area contributed by atoms with Crippen LogP contribution < -0.4 is 9.47 Å². The molecule has 1 aromatic carbocycles. The molecule has 1 aromatic rings. The standard InChI is InChI=1S/C18H25NO2/c1-4-7-8-13-9-14-10-16-17(21-12-20-16)11-15(14)18(13)19(5-2)6-3/h10-11H,4-9,12H2,1-3H3. The lowest BCUT2D eigenvalue weighted by atomic mass is 10.1. The fourth-order valence-electron chi connectivity index (χ4n) is 3.39. The zero-order valence-corrected chi connectivity index (χ0v) is 13.4. The Morgan fingerprint density at radius 3 is 2.43 bits per heavy atom. The molecule has 1 heterocycles. The molecule has 0 radical (unpaired) electrons. The monoisotopic (exact) mass is 287 g/mol. The highest BCUT2D eigenvalue weighted by atomic mass is 16.7. The maximum Gasteiger partial charge on any atom is 0.231 e. The first kappa shape index (κ1) is 14.3. The fraction of sp³-hybridized carbons (Fsp3) is 0.556. The molecule has 0 N–H and O–H groups in total. The molecule has 0 saturated heterocycles. The Bertz CT molecular complexity index is 559. The van der Waals surface area contributed by atoms with Crippen LogP contribution in [0.3, 0.4) is 0 Å². The molecule has 2 aliphatic rings. The van der Waals surface area contributed by atoms with E-state index in [0.29, 0.717) is 6.79 Å². The van der Waals surface area contributed by atoms with Crippen LogP contribution in [0.25, 0.3) is 5.70 Å². The molecule has 3 heteroatoms. The third kappa shape index (κ3) is 2.50. The Hall–Kier alpha value is -1.64. The molecule has 0 spiro atoms. The number of fused-ring (bicyclic) bond motifs is 2. The molecule has 114 valence electrons. The van der Waals surface area contributed by atoms with Crippen LogP contribution in [-0.2, 0) is 6.42 Å². The minimum Gasteiger partial charge on any atom is -0.454 e. The van der Waals surface area contributed by atoms with E-state index in [-0.39, 0.29) is 0 Å². The lowest BCUT2D eigenvalue weighted by Crippen LogP contribution is -2.21. The number of unbranched alkanes of at least 4 members (excludes halogenated alkanes) is 1. The lowest BCUT2D eigenvalue weighted by molar-refractivity contribution is 0.174. The SMILES string of the molecule is CCCCC1=C(N(CC)CC)c2cc3c(cc2C1)OCO3. The van der Waals surface area contributed by atoms with Gasteiger partial charge in [-0.2, -0.15) is 0 Å². The first-order valence-electron chi connectivity index (χ1n) is 8.18. The normalized spacial score (nSPS) is 15.6. The summed E-state index contributed by atoms with van der Waals surface area (Å²) in [4.78, 5) is 2.49. The molecular weight excluding hydrogens is 262 g/mol. The van der Waals surface area contributed by atoms with Crippen molar-refractivity contribution in [2.45, 2.75) is 46.5 Å². The second kappa shape index (κ2) is 6.00. The Labute approximate surface area is 127 Å². The van der Waals surface area contributed by atoms with E-state index in [9.17, 15) is 0 Å². The van der Waals surface area contributed by atoms with Gasteiger partial charge in [0, 0.05) is 24.4 Å². The van der Waals surface area contributed by atoms with E-state index in [1.807, 2.05) is 0 Å². The maximum atomic E-state index is 5.57. The topological polar surface area (TPSA) is 21.7 Å². The smallest absolute Gasteiger partial charge is 0.231 e. The number of nitrogens with zero attached hydrogens (tertiary/aromatic N) is 1. The van der Waals surface area contributed by atoms with Gasteiger partial charge in [0.05, 0.1) is 0 Å². The van der Waals surface area contributed by atoms with Gasteiger partial charge in [-0.15, -0.1) is 0 Å². The first-order chi connectivity index (χ1) is 10.3. The summed E-state index contributed by atoms with van der Waals surface area (Å²) in [6.07, 6.45) is 4.77. The van der Waals surface area contributed by atoms with E-state index in [0.717, 1.165) is 31.0 Å². The molecule has 0 atom stereocenters. The molecule has 1 aliphatic carbocycles. The summed E-state index contributed by atoms with van der Waals surface area (Å²) in [5.41, 5.74) is 5.78. The molecule has 1 aliphatic heterocycles. The minimum absolute atomic E-state index is 0.352. The van der Waals surface area contributed by atoms with E-state index in [1.54, 1.807) is 5.57 Å². The van der Waals surface area contributed by atoms with Crippen LogP contribution in [0.2, 0.25) is 0 Å². The Morgan fingerprint density at radius 1 is 1.05 bits per heavy atom. The highest BCUT2D eigenvalue weighted by Crippen LogP contribution is 2.44. The molecule has 0 fully saturated rings. The summed E-state index contributed by atoms with van der Waals surface area (Å²) >= 11 is 0. The molecule has 0 aromatic heterocycles. The summed E-state index contributed by atoms with van der Waals surface area (Å²) in [6, 6.07) is 4.37. The van der Waals surface area contributed by atoms with Crippen molar-refractivity contribution in [1.29, 1.82) is 0 Å². The molecule has 0 saturated carbocycles. The van der Waals surface area contributed by atoms with Gasteiger partial charge in [-0.1, -0.05) is 13.3 Å². The van der Waals surface area contributed by atoms with Crippen LogP contribution in [0.5, 0.6) is 11.5 Å². The number of rotatable bonds is 6. The van der Waals surface area contributed by atoms with Gasteiger partial charge < -0.3 is 14.4 Å². The van der Waals surface area contributed by atoms with Gasteiger partial charge in [-0.25, -0.2) is 0 Å². The zero-order chi connectivity index (χ0) is 14.8. The van der Waals surface area contributed by atoms with Crippen molar-refractivity contribution in [1.82, 2.24) is 4.90 Å². The molecular formula is C18H25NO2. The van der Waals surface area contributed by atoms with Gasteiger partial charge >= 0.3 is 0 Å². The quantitative estimate of drug-likeness (QED) is 0.782. The summed E-state index contributed by atoms with van der Waals surface area (Å²) in [7, 11) is 0. The molecule has 0 amide bonds. The van der Waals surface area contributed by atoms with E-state index < -0.39 is 0 Å². The van der Waals surface area contributed by atoms with Crippen LogP contribution in [-0.4, -0.2) is 24.8 Å². The second-order valence-electron chi connectivity index (χ2n) is 5.77. The van der Waals surface area contributed by atoms with Crippen LogP contribution in [0.1, 0.15) is 51.2 Å². The van der Waals surface area contributed by atoms with E-state index in [1.165, 1.54) is 36.1 Å². The number of hydrogen-bond acceptors (Lipinski definition) is 3. The predicted molar refractivity (Wildman–Crippen MR) is 85.6 cm³/mol. The third-order valence-corrected chi connectivity index (χ3v) is 4.50. The number of allylic oxidation sites excluding steroid dienone is 1. The number of ether oxygens (including phenoxy) is 2. The summed E-state index contributed by atoms with van der Waals surface area (Å²) in [6.45, 7) is 9.18. The van der Waals surface area contributed by atoms with Gasteiger partial charge in [0.2, 0.25) is 6.79 Å². The second-order valence-corrected chi connectivity index (χ2v) is 5.77. The molecule has 0 bridgehead atoms. The van der Waals surface area contributed by atoms with Gasteiger partial charge in [0.25, 0.3) is 0 Å². The van der Waals surface area contributed by atoms with Crippen LogP contribution in [0, 0.1) is 0 Å². The highest BCUT2D eigenvalue weighted by Gasteiger charge is 2.28. The van der Waals surface area contributed by atoms with E-state index >= 15 is 0 Å². The summed E-state index contributed by atoms with van der Waals surface area (Å²) in [5, 5.41) is 0. The average Bonchev–Trinajstić information content (AvgIpc) is 3.08. The van der Waals surface area contributed by atoms with Gasteiger partial charge in [0.1, 0.15) is 0 Å². The molecule has 3 nitrogen and oxygen atoms in total. The van der Waals surface area contributed by atoms with Crippen molar-refractivity contribution < 1.29 is 9.47 Å².